The van der Waals surface area contributed by atoms with Crippen molar-refractivity contribution in [3.05, 3.63) is 87.0 Å². The third kappa shape index (κ3) is 7.75. The number of nitrogen functional groups attached to an aromatic ring is 1. The van der Waals surface area contributed by atoms with E-state index in [4.69, 9.17) is 36.5 Å². The first kappa shape index (κ1) is 40.1. The zero-order valence-corrected chi connectivity index (χ0v) is 32.7. The van der Waals surface area contributed by atoms with Crippen molar-refractivity contribution in [3.8, 4) is 29.0 Å². The molecule has 5 aromatic rings. The fraction of sp³-hybridized carbons (Fsp3) is 0.308. The van der Waals surface area contributed by atoms with E-state index in [2.05, 4.69) is 16.5 Å². The lowest BCUT2D eigenvalue weighted by Gasteiger charge is -2.41. The number of hydrogen-bond acceptors (Lipinski definition) is 14. The van der Waals surface area contributed by atoms with Gasteiger partial charge >= 0.3 is 12.2 Å². The second kappa shape index (κ2) is 16.4. The quantitative estimate of drug-likeness (QED) is 0.0494. The summed E-state index contributed by atoms with van der Waals surface area (Å²) in [6, 6.07) is 10.5. The number of thiophene rings is 1. The van der Waals surface area contributed by atoms with Gasteiger partial charge < -0.3 is 34.6 Å². The predicted molar refractivity (Wildman–Crippen MR) is 213 cm³/mol. The van der Waals surface area contributed by atoms with Crippen LogP contribution in [0.2, 0.25) is 5.02 Å². The molecule has 2 atom stereocenters. The van der Waals surface area contributed by atoms with Crippen molar-refractivity contribution in [2.24, 2.45) is 0 Å². The normalized spacial score (nSPS) is 17.0. The lowest BCUT2D eigenvalue weighted by Crippen LogP contribution is -2.54. The van der Waals surface area contributed by atoms with Gasteiger partial charge in [0.25, 0.3) is 11.6 Å². The minimum Gasteiger partial charge on any atom is -0.462 e. The lowest BCUT2D eigenvalue weighted by atomic mass is 9.97. The summed E-state index contributed by atoms with van der Waals surface area (Å²) in [5, 5.41) is 21.2. The number of carbonyl (C=O) groups excluding carboxylic acids is 2. The van der Waals surface area contributed by atoms with Gasteiger partial charge in [-0.25, -0.2) is 13.6 Å². The van der Waals surface area contributed by atoms with Gasteiger partial charge in [0.2, 0.25) is 0 Å². The van der Waals surface area contributed by atoms with Crippen LogP contribution in [0, 0.1) is 33.1 Å². The van der Waals surface area contributed by atoms with Gasteiger partial charge in [-0.15, -0.1) is 11.3 Å². The lowest BCUT2D eigenvalue weighted by molar-refractivity contribution is -0.384. The number of anilines is 2. The van der Waals surface area contributed by atoms with Crippen LogP contribution in [0.15, 0.2) is 54.6 Å². The molecular formula is C39H35ClF2N8O7S. The number of ether oxygens (including phenoxy) is 3. The Bertz CT molecular complexity index is 2530. The number of nitrogens with two attached hydrogens (primary N) is 1. The maximum atomic E-state index is 17.1. The Labute approximate surface area is 338 Å². The minimum absolute atomic E-state index is 0.0100. The number of rotatable bonds is 10. The molecule has 2 saturated heterocycles. The highest BCUT2D eigenvalue weighted by Gasteiger charge is 2.33. The molecule has 7 rings (SSSR count). The van der Waals surface area contributed by atoms with Crippen LogP contribution >= 0.6 is 22.9 Å². The highest BCUT2D eigenvalue weighted by Crippen LogP contribution is 2.46. The first-order valence-corrected chi connectivity index (χ1v) is 19.2. The molecule has 19 heteroatoms. The molecular weight excluding hydrogens is 798 g/mol. The highest BCUT2D eigenvalue weighted by atomic mass is 35.5. The number of likely N-dealkylation sites (N-methyl/N-ethyl adjacent to an activating group) is 1. The number of nitrogens with zero attached hydrogens (tertiary/aromatic N) is 7. The van der Waals surface area contributed by atoms with Gasteiger partial charge in [-0.1, -0.05) is 24.2 Å². The summed E-state index contributed by atoms with van der Waals surface area (Å²) in [6.07, 6.45) is 0.776. The minimum atomic E-state index is -1.13. The van der Waals surface area contributed by atoms with Gasteiger partial charge in [0.1, 0.15) is 47.2 Å². The Hall–Kier alpha value is -6.16. The monoisotopic (exact) mass is 832 g/mol. The van der Waals surface area contributed by atoms with Crippen LogP contribution in [-0.4, -0.2) is 95.3 Å². The summed E-state index contributed by atoms with van der Waals surface area (Å²) in [5.74, 6) is -1.59. The fourth-order valence-electron chi connectivity index (χ4n) is 7.21. The molecule has 0 radical (unpaired) electrons. The number of nitro benzene ring substituents is 1. The Balaban J connectivity index is 1.15. The molecule has 2 N–H and O–H groups in total. The van der Waals surface area contributed by atoms with Gasteiger partial charge in [-0.2, -0.15) is 15.2 Å². The van der Waals surface area contributed by atoms with Crippen molar-refractivity contribution in [3.63, 3.8) is 0 Å². The topological polar surface area (TPSA) is 190 Å². The first-order valence-electron chi connectivity index (χ1n) is 18.0. The van der Waals surface area contributed by atoms with E-state index in [0.29, 0.717) is 5.82 Å². The number of nitro groups is 1. The van der Waals surface area contributed by atoms with Crippen LogP contribution in [0.25, 0.3) is 32.1 Å². The predicted octanol–water partition coefficient (Wildman–Crippen LogP) is 7.09. The molecule has 2 fully saturated rings. The van der Waals surface area contributed by atoms with Crippen LogP contribution in [-0.2, 0) is 9.53 Å². The van der Waals surface area contributed by atoms with Crippen LogP contribution in [0.3, 0.4) is 0 Å². The van der Waals surface area contributed by atoms with Crippen LogP contribution in [0.1, 0.15) is 25.3 Å². The van der Waals surface area contributed by atoms with Crippen molar-refractivity contribution in [1.29, 1.82) is 5.26 Å². The Kier molecular flexibility index (Phi) is 11.3. The van der Waals surface area contributed by atoms with Gasteiger partial charge in [-0.05, 0) is 63.2 Å². The number of benzene rings is 3. The highest BCUT2D eigenvalue weighted by molar-refractivity contribution is 7.23. The zero-order valence-electron chi connectivity index (χ0n) is 31.2. The van der Waals surface area contributed by atoms with Crippen LogP contribution in [0.5, 0.6) is 11.8 Å². The number of non-ortho nitro benzene ring substituents is 1. The summed E-state index contributed by atoms with van der Waals surface area (Å²) < 4.78 is 48.4. The van der Waals surface area contributed by atoms with Gasteiger partial charge in [0, 0.05) is 65.8 Å². The average Bonchev–Trinajstić information content (AvgIpc) is 3.78. The van der Waals surface area contributed by atoms with Crippen LogP contribution in [0.4, 0.5) is 30.1 Å². The number of hydrogen-bond donors (Lipinski definition) is 1. The third-order valence-corrected chi connectivity index (χ3v) is 11.5. The van der Waals surface area contributed by atoms with E-state index in [1.54, 1.807) is 0 Å². The largest absolute Gasteiger partial charge is 0.514 e. The number of halogens is 3. The van der Waals surface area contributed by atoms with E-state index in [1.165, 1.54) is 47.4 Å². The van der Waals surface area contributed by atoms with Crippen molar-refractivity contribution >= 4 is 72.5 Å². The van der Waals surface area contributed by atoms with E-state index < -0.39 is 41.3 Å². The molecule has 58 heavy (non-hydrogen) atoms. The Morgan fingerprint density at radius 2 is 1.93 bits per heavy atom. The molecule has 2 aromatic heterocycles. The van der Waals surface area contributed by atoms with Gasteiger partial charge in [0.05, 0.1) is 20.2 Å². The number of aromatic nitrogens is 2. The second-order valence-electron chi connectivity index (χ2n) is 13.9. The molecule has 300 valence electrons. The maximum Gasteiger partial charge on any atom is 0.514 e. The van der Waals surface area contributed by atoms with Crippen molar-refractivity contribution < 1.29 is 37.5 Å². The summed E-state index contributed by atoms with van der Waals surface area (Å²) in [6.45, 7) is 6.93. The zero-order chi connectivity index (χ0) is 41.4. The van der Waals surface area contributed by atoms with Crippen molar-refractivity contribution in [2.45, 2.75) is 31.8 Å². The number of nitriles is 1. The number of likely N-dealkylation sites (tertiary alicyclic amines) is 1. The van der Waals surface area contributed by atoms with E-state index in [0.717, 1.165) is 30.7 Å². The second-order valence-corrected chi connectivity index (χ2v) is 15.4. The molecule has 0 aliphatic carbocycles. The van der Waals surface area contributed by atoms with E-state index in [9.17, 15) is 29.4 Å². The molecule has 0 saturated carbocycles. The smallest absolute Gasteiger partial charge is 0.462 e. The molecule has 4 heterocycles. The SMILES string of the molecule is C=C(COC(=O)Oc1ccc([N+](=O)[O-])cc1)C(=O)N1CCN(c2nc(OC[C@@H]3CCCN3C)nc3c(F)c(-c4ccc(F)c5sc(N)c(C#N)c45)c(Cl)cc23)[C@@H](C)C1. The number of piperazine rings is 1. The number of carbonyl (C=O) groups is 2. The van der Waals surface area contributed by atoms with E-state index >= 15 is 4.39 Å². The summed E-state index contributed by atoms with van der Waals surface area (Å²) in [5.41, 5.74) is 5.83. The standard InChI is InChI=1S/C39H35ClF2N8O7S/c1-20(18-56-39(52)57-24-8-6-22(7-9-24)50(53)54)37(51)48-13-14-49(21(2)17-48)36-26-15-28(40)31(25-10-11-29(41)34-30(25)27(16-43)35(44)58-34)32(42)33(26)45-38(46-36)55-19-23-5-4-12-47(23)3/h6-11,15,21,23H,1,4-5,12-14,17-19,44H2,2-3H3/t21-,23-/m0/s1. The molecule has 15 nitrogen and oxygen atoms in total. The van der Waals surface area contributed by atoms with E-state index in [1.807, 2.05) is 24.9 Å². The summed E-state index contributed by atoms with van der Waals surface area (Å²) in [4.78, 5) is 50.8. The van der Waals surface area contributed by atoms with E-state index in [-0.39, 0.29) is 103 Å². The van der Waals surface area contributed by atoms with Gasteiger partial charge in [0.15, 0.2) is 5.82 Å². The Morgan fingerprint density at radius 3 is 2.60 bits per heavy atom. The third-order valence-electron chi connectivity index (χ3n) is 10.2. The van der Waals surface area contributed by atoms with Gasteiger partial charge in [-0.3, -0.25) is 14.9 Å². The molecule has 0 unspecified atom stereocenters. The molecule has 3 aromatic carbocycles. The first-order chi connectivity index (χ1) is 27.7. The van der Waals surface area contributed by atoms with Crippen molar-refractivity contribution in [2.75, 3.05) is 57.1 Å². The number of fused-ring (bicyclic) bond motifs is 2. The molecule has 2 aliphatic heterocycles. The Morgan fingerprint density at radius 1 is 1.17 bits per heavy atom. The molecule has 1 amide bonds. The molecule has 2 aliphatic rings. The van der Waals surface area contributed by atoms with Crippen molar-refractivity contribution in [1.82, 2.24) is 19.8 Å². The maximum absolute atomic E-state index is 17.1. The van der Waals surface area contributed by atoms with Crippen LogP contribution < -0.4 is 20.1 Å². The molecule has 0 spiro atoms. The molecule has 0 bridgehead atoms. The average molecular weight is 833 g/mol. The summed E-state index contributed by atoms with van der Waals surface area (Å²) >= 11 is 7.75. The summed E-state index contributed by atoms with van der Waals surface area (Å²) in [7, 11) is 1.99. The number of amides is 1. The fourth-order valence-corrected chi connectivity index (χ4v) is 8.45.